The molecule has 6 rings (SSSR count). The summed E-state index contributed by atoms with van der Waals surface area (Å²) < 4.78 is 0. The van der Waals surface area contributed by atoms with Crippen LogP contribution in [-0.4, -0.2) is 33.7 Å². The molecule has 0 aliphatic heterocycles. The number of carbonyl (C=O) groups is 1. The van der Waals surface area contributed by atoms with Crippen molar-refractivity contribution in [1.82, 2.24) is 0 Å². The van der Waals surface area contributed by atoms with E-state index in [-0.39, 0.29) is 28.6 Å². The van der Waals surface area contributed by atoms with Crippen LogP contribution >= 0.6 is 0 Å². The first kappa shape index (κ1) is 30.7. The van der Waals surface area contributed by atoms with Crippen LogP contribution in [0.1, 0.15) is 18.1 Å². The number of hydrogen-bond donors (Lipinski definition) is 3. The molecule has 0 aliphatic carbocycles. The molecular formula is C36H28MnN2O4. The number of benzene rings is 6. The summed E-state index contributed by atoms with van der Waals surface area (Å²) in [6.45, 7) is 1.08. The average Bonchev–Trinajstić information content (AvgIpc) is 2.99. The molecule has 6 aromatic rings. The number of nitrogens with zero attached hydrogens (tertiary/aromatic N) is 2. The third-order valence-corrected chi connectivity index (χ3v) is 6.62. The van der Waals surface area contributed by atoms with Gasteiger partial charge in [0.25, 0.3) is 5.97 Å². The minimum absolute atomic E-state index is 0. The molecule has 3 N–H and O–H groups in total. The Hall–Kier alpha value is -5.23. The zero-order valence-corrected chi connectivity index (χ0v) is 24.4. The fourth-order valence-electron chi connectivity index (χ4n) is 4.73. The summed E-state index contributed by atoms with van der Waals surface area (Å²) in [4.78, 5) is 18.7. The van der Waals surface area contributed by atoms with E-state index >= 15 is 0 Å². The van der Waals surface area contributed by atoms with Gasteiger partial charge in [0, 0.05) is 58.7 Å². The maximum absolute atomic E-state index is 10.3. The monoisotopic (exact) mass is 607 g/mol. The summed E-state index contributed by atoms with van der Waals surface area (Å²) in [6.07, 6.45) is 3.39. The number of aliphatic imine (C=N–C) groups is 2. The number of carboxylic acid groups (broad SMARTS) is 1. The molecule has 6 nitrogen and oxygen atoms in total. The second-order valence-corrected chi connectivity index (χ2v) is 9.51. The molecule has 0 fully saturated rings. The van der Waals surface area contributed by atoms with Crippen molar-refractivity contribution in [3.8, 4) is 22.6 Å². The van der Waals surface area contributed by atoms with Crippen LogP contribution in [0.5, 0.6) is 11.5 Å². The molecule has 0 aliphatic rings. The van der Waals surface area contributed by atoms with Gasteiger partial charge >= 0.3 is 0 Å². The minimum Gasteiger partial charge on any atom is -0.507 e. The van der Waals surface area contributed by atoms with Gasteiger partial charge in [-0.15, -0.1) is 0 Å². The van der Waals surface area contributed by atoms with E-state index in [1.165, 1.54) is 0 Å². The van der Waals surface area contributed by atoms with Crippen molar-refractivity contribution in [2.75, 3.05) is 0 Å². The molecular weight excluding hydrogens is 579 g/mol. The molecule has 0 aromatic heterocycles. The number of aromatic hydroxyl groups is 2. The van der Waals surface area contributed by atoms with E-state index in [1.54, 1.807) is 36.7 Å². The van der Waals surface area contributed by atoms with Crippen LogP contribution in [-0.2, 0) is 21.9 Å². The first-order valence-corrected chi connectivity index (χ1v) is 13.3. The largest absolute Gasteiger partial charge is 0.507 e. The summed E-state index contributed by atoms with van der Waals surface area (Å²) in [5, 5.41) is 32.3. The van der Waals surface area contributed by atoms with Gasteiger partial charge in [0.2, 0.25) is 0 Å². The van der Waals surface area contributed by atoms with Crippen molar-refractivity contribution in [3.05, 3.63) is 132 Å². The number of phenolic OH excluding ortho intramolecular Hbond substituents is 2. The molecule has 0 spiro atoms. The smallest absolute Gasteiger partial charge is 0.300 e. The molecule has 0 saturated heterocycles. The zero-order chi connectivity index (χ0) is 29.5. The zero-order valence-electron chi connectivity index (χ0n) is 23.2. The number of hydrogen-bond acceptors (Lipinski definition) is 5. The minimum atomic E-state index is -0.833. The van der Waals surface area contributed by atoms with E-state index in [4.69, 9.17) is 19.9 Å². The summed E-state index contributed by atoms with van der Waals surface area (Å²) in [6, 6.07) is 38.9. The number of fused-ring (bicyclic) bond motifs is 2. The Morgan fingerprint density at radius 3 is 1.30 bits per heavy atom. The number of para-hydroxylation sites is 2. The van der Waals surface area contributed by atoms with Crippen molar-refractivity contribution in [3.63, 3.8) is 0 Å². The van der Waals surface area contributed by atoms with Crippen LogP contribution in [0.4, 0.5) is 11.4 Å². The molecule has 0 amide bonds. The molecule has 0 atom stereocenters. The van der Waals surface area contributed by atoms with Gasteiger partial charge in [-0.3, -0.25) is 14.8 Å². The molecule has 213 valence electrons. The summed E-state index contributed by atoms with van der Waals surface area (Å²) in [5.74, 6) is -0.478. The Kier molecular flexibility index (Phi) is 10.1. The third kappa shape index (κ3) is 7.16. The van der Waals surface area contributed by atoms with Gasteiger partial charge < -0.3 is 15.3 Å². The van der Waals surface area contributed by atoms with Crippen molar-refractivity contribution >= 4 is 51.3 Å². The van der Waals surface area contributed by atoms with E-state index in [2.05, 4.69) is 36.4 Å². The van der Waals surface area contributed by atoms with Gasteiger partial charge in [-0.1, -0.05) is 84.9 Å². The van der Waals surface area contributed by atoms with Crippen LogP contribution in [0.15, 0.2) is 131 Å². The first-order valence-electron chi connectivity index (χ1n) is 13.3. The Morgan fingerprint density at radius 1 is 0.558 bits per heavy atom. The van der Waals surface area contributed by atoms with Gasteiger partial charge in [0.15, 0.2) is 0 Å². The van der Waals surface area contributed by atoms with Gasteiger partial charge in [0.1, 0.15) is 11.5 Å². The van der Waals surface area contributed by atoms with E-state index in [0.717, 1.165) is 51.0 Å². The van der Waals surface area contributed by atoms with Crippen molar-refractivity contribution in [2.24, 2.45) is 9.98 Å². The summed E-state index contributed by atoms with van der Waals surface area (Å²) >= 11 is 0. The second-order valence-electron chi connectivity index (χ2n) is 9.51. The van der Waals surface area contributed by atoms with E-state index in [9.17, 15) is 10.2 Å². The van der Waals surface area contributed by atoms with Gasteiger partial charge in [0.05, 0.1) is 11.4 Å². The molecule has 0 unspecified atom stereocenters. The molecule has 0 heterocycles. The fraction of sp³-hybridized carbons (Fsp3) is 0.0278. The van der Waals surface area contributed by atoms with Crippen LogP contribution in [0.3, 0.4) is 0 Å². The van der Waals surface area contributed by atoms with Crippen molar-refractivity contribution in [1.29, 1.82) is 0 Å². The van der Waals surface area contributed by atoms with Crippen molar-refractivity contribution < 1.29 is 37.2 Å². The Morgan fingerprint density at radius 2 is 0.907 bits per heavy atom. The predicted octanol–water partition coefficient (Wildman–Crippen LogP) is 8.66. The van der Waals surface area contributed by atoms with E-state index < -0.39 is 5.97 Å². The predicted molar refractivity (Wildman–Crippen MR) is 171 cm³/mol. The topological polar surface area (TPSA) is 102 Å². The molecule has 0 saturated carbocycles. The van der Waals surface area contributed by atoms with E-state index in [0.29, 0.717) is 11.1 Å². The number of rotatable bonds is 5. The molecule has 7 heteroatoms. The Labute approximate surface area is 259 Å². The molecule has 0 bridgehead atoms. The maximum atomic E-state index is 10.3. The van der Waals surface area contributed by atoms with Crippen molar-refractivity contribution in [2.45, 2.75) is 6.92 Å². The third-order valence-electron chi connectivity index (χ3n) is 6.62. The standard InChI is InChI=1S/C34H24N2O2.C2H4O2.Mn/c37-31-15-7-3-11-25(31)21-35-29-19-17-23-9-1-5-13-27(23)33(29)34-28-14-6-2-10-24(28)18-20-30(34)36-22-26-12-4-8-16-32(26)38;1-2(3)4;/h1-22,37-38H;1H3,(H,3,4);. The van der Waals surface area contributed by atoms with Gasteiger partial charge in [-0.05, 0) is 57.9 Å². The van der Waals surface area contributed by atoms with Gasteiger partial charge in [-0.25, -0.2) is 0 Å². The summed E-state index contributed by atoms with van der Waals surface area (Å²) in [5.41, 5.74) is 4.72. The number of aliphatic carboxylic acids is 1. The quantitative estimate of drug-likeness (QED) is 0.135. The Balaban J connectivity index is 0.000000798. The van der Waals surface area contributed by atoms with Gasteiger partial charge in [-0.2, -0.15) is 0 Å². The fourth-order valence-corrected chi connectivity index (χ4v) is 4.73. The first-order chi connectivity index (χ1) is 20.4. The van der Waals surface area contributed by atoms with Crippen LogP contribution in [0.25, 0.3) is 32.7 Å². The number of phenols is 2. The van der Waals surface area contributed by atoms with Crippen LogP contribution < -0.4 is 0 Å². The van der Waals surface area contributed by atoms with E-state index in [1.807, 2.05) is 60.7 Å². The maximum Gasteiger partial charge on any atom is 0.300 e. The molecule has 1 radical (unpaired) electrons. The second kappa shape index (κ2) is 14.1. The van der Waals surface area contributed by atoms with Crippen LogP contribution in [0, 0.1) is 0 Å². The molecule has 6 aromatic carbocycles. The average molecular weight is 608 g/mol. The number of carboxylic acids is 1. The molecule has 43 heavy (non-hydrogen) atoms. The van der Waals surface area contributed by atoms with Crippen LogP contribution in [0.2, 0.25) is 0 Å². The Bertz CT molecular complexity index is 1830. The summed E-state index contributed by atoms with van der Waals surface area (Å²) in [7, 11) is 0. The SMILES string of the molecule is CC(=O)O.Oc1ccccc1C=Nc1ccc2ccccc2c1-c1c(N=Cc2ccccc2O)ccc2ccccc12.[Mn]. The normalized spacial score (nSPS) is 10.9.